The third-order valence-electron chi connectivity index (χ3n) is 3.06. The van der Waals surface area contributed by atoms with Gasteiger partial charge in [-0.2, -0.15) is 0 Å². The lowest BCUT2D eigenvalue weighted by Gasteiger charge is -2.16. The average molecular weight is 284 g/mol. The van der Waals surface area contributed by atoms with E-state index in [0.717, 1.165) is 18.4 Å². The van der Waals surface area contributed by atoms with E-state index >= 15 is 0 Å². The number of hydrogen-bond donors (Lipinski definition) is 2. The highest BCUT2D eigenvalue weighted by Crippen LogP contribution is 2.49. The average Bonchev–Trinajstić information content (AvgIpc) is 3.09. The molecule has 0 saturated heterocycles. The van der Waals surface area contributed by atoms with Gasteiger partial charge in [-0.15, -0.1) is 0 Å². The largest absolute Gasteiger partial charge is 0.438 e. The van der Waals surface area contributed by atoms with E-state index in [-0.39, 0.29) is 5.75 Å². The molecule has 1 saturated carbocycles. The van der Waals surface area contributed by atoms with Gasteiger partial charge in [-0.25, -0.2) is 13.2 Å². The van der Waals surface area contributed by atoms with Gasteiger partial charge in [0, 0.05) is 5.69 Å². The highest BCUT2D eigenvalue weighted by Gasteiger charge is 2.48. The van der Waals surface area contributed by atoms with Gasteiger partial charge in [0.25, 0.3) is 0 Å². The SMILES string of the molecule is CCS(=O)(=O)Nc1ccc(C2(OC(N)=O)CC2)cc1. The van der Waals surface area contributed by atoms with E-state index in [4.69, 9.17) is 10.5 Å². The summed E-state index contributed by atoms with van der Waals surface area (Å²) in [5, 5.41) is 0. The molecule has 0 bridgehead atoms. The molecular weight excluding hydrogens is 268 g/mol. The number of amides is 1. The third kappa shape index (κ3) is 3.17. The lowest BCUT2D eigenvalue weighted by Crippen LogP contribution is -2.22. The Bertz CT molecular complexity index is 576. The smallest absolute Gasteiger partial charge is 0.405 e. The normalized spacial score (nSPS) is 16.7. The Balaban J connectivity index is 2.13. The fourth-order valence-electron chi connectivity index (χ4n) is 1.85. The van der Waals surface area contributed by atoms with E-state index in [9.17, 15) is 13.2 Å². The van der Waals surface area contributed by atoms with Crippen molar-refractivity contribution >= 4 is 21.8 Å². The van der Waals surface area contributed by atoms with Crippen LogP contribution in [0.1, 0.15) is 25.3 Å². The second kappa shape index (κ2) is 4.73. The molecule has 0 aliphatic heterocycles. The second-order valence-corrected chi connectivity index (χ2v) is 6.51. The molecule has 1 amide bonds. The van der Waals surface area contributed by atoms with Crippen molar-refractivity contribution in [2.24, 2.45) is 5.73 Å². The molecule has 0 radical (unpaired) electrons. The van der Waals surface area contributed by atoms with Gasteiger partial charge < -0.3 is 10.5 Å². The van der Waals surface area contributed by atoms with Crippen molar-refractivity contribution in [1.29, 1.82) is 0 Å². The molecule has 2 rings (SSSR count). The molecule has 0 unspecified atom stereocenters. The summed E-state index contributed by atoms with van der Waals surface area (Å²) in [7, 11) is -3.28. The number of anilines is 1. The first kappa shape index (κ1) is 13.7. The topological polar surface area (TPSA) is 98.5 Å². The van der Waals surface area contributed by atoms with E-state index in [1.165, 1.54) is 0 Å². The number of carbonyl (C=O) groups excluding carboxylic acids is 1. The predicted octanol–water partition coefficient (Wildman–Crippen LogP) is 1.53. The lowest BCUT2D eigenvalue weighted by molar-refractivity contribution is 0.0900. The van der Waals surface area contributed by atoms with Gasteiger partial charge in [-0.1, -0.05) is 12.1 Å². The summed E-state index contributed by atoms with van der Waals surface area (Å²) in [5.41, 5.74) is 5.73. The quantitative estimate of drug-likeness (QED) is 0.856. The van der Waals surface area contributed by atoms with Crippen LogP contribution in [0.3, 0.4) is 0 Å². The van der Waals surface area contributed by atoms with Crippen LogP contribution in [0.4, 0.5) is 10.5 Å². The molecule has 1 aromatic carbocycles. The van der Waals surface area contributed by atoms with Crippen molar-refractivity contribution in [1.82, 2.24) is 0 Å². The van der Waals surface area contributed by atoms with Crippen molar-refractivity contribution in [2.45, 2.75) is 25.4 Å². The number of hydrogen-bond acceptors (Lipinski definition) is 4. The molecule has 1 fully saturated rings. The van der Waals surface area contributed by atoms with Crippen molar-refractivity contribution in [3.63, 3.8) is 0 Å². The number of ether oxygens (including phenoxy) is 1. The van der Waals surface area contributed by atoms with Gasteiger partial charge in [-0.3, -0.25) is 4.72 Å². The van der Waals surface area contributed by atoms with Crippen LogP contribution in [-0.4, -0.2) is 20.3 Å². The van der Waals surface area contributed by atoms with Crippen LogP contribution in [0.25, 0.3) is 0 Å². The maximum Gasteiger partial charge on any atom is 0.405 e. The summed E-state index contributed by atoms with van der Waals surface area (Å²) >= 11 is 0. The van der Waals surface area contributed by atoms with Crippen molar-refractivity contribution in [3.05, 3.63) is 29.8 Å². The minimum atomic E-state index is -3.28. The minimum absolute atomic E-state index is 0.0173. The minimum Gasteiger partial charge on any atom is -0.438 e. The summed E-state index contributed by atoms with van der Waals surface area (Å²) in [4.78, 5) is 10.8. The maximum atomic E-state index is 11.4. The van der Waals surface area contributed by atoms with Crippen LogP contribution in [0.5, 0.6) is 0 Å². The number of rotatable bonds is 5. The summed E-state index contributed by atoms with van der Waals surface area (Å²) in [6.45, 7) is 1.57. The predicted molar refractivity (Wildman–Crippen MR) is 71.1 cm³/mol. The van der Waals surface area contributed by atoms with Crippen molar-refractivity contribution in [2.75, 3.05) is 10.5 Å². The second-order valence-electron chi connectivity index (χ2n) is 4.50. The van der Waals surface area contributed by atoms with Crippen molar-refractivity contribution < 1.29 is 17.9 Å². The molecule has 104 valence electrons. The molecule has 19 heavy (non-hydrogen) atoms. The summed E-state index contributed by atoms with van der Waals surface area (Å²) in [5.74, 6) is 0.0173. The first-order valence-corrected chi connectivity index (χ1v) is 7.62. The van der Waals surface area contributed by atoms with Crippen LogP contribution < -0.4 is 10.5 Å². The summed E-state index contributed by atoms with van der Waals surface area (Å²) in [6, 6.07) is 6.77. The highest BCUT2D eigenvalue weighted by atomic mass is 32.2. The Morgan fingerprint density at radius 2 is 1.95 bits per heavy atom. The summed E-state index contributed by atoms with van der Waals surface area (Å²) in [6.07, 6.45) is 0.666. The first-order valence-electron chi connectivity index (χ1n) is 5.96. The van der Waals surface area contributed by atoms with Gasteiger partial charge in [-0.05, 0) is 37.5 Å². The standard InChI is InChI=1S/C12H16N2O4S/c1-2-19(16,17)14-10-5-3-9(4-6-10)12(7-8-12)18-11(13)15/h3-6,14H,2,7-8H2,1H3,(H2,13,15). The monoisotopic (exact) mass is 284 g/mol. The number of nitrogens with one attached hydrogen (secondary N) is 1. The van der Waals surface area contributed by atoms with E-state index < -0.39 is 21.7 Å². The highest BCUT2D eigenvalue weighted by molar-refractivity contribution is 7.92. The Labute approximate surface area is 112 Å². The zero-order valence-electron chi connectivity index (χ0n) is 10.5. The molecule has 0 aromatic heterocycles. The number of sulfonamides is 1. The van der Waals surface area contributed by atoms with E-state index in [2.05, 4.69) is 4.72 Å². The van der Waals surface area contributed by atoms with Crippen LogP contribution >= 0.6 is 0 Å². The van der Waals surface area contributed by atoms with Gasteiger partial charge in [0.05, 0.1) is 5.75 Å². The van der Waals surface area contributed by atoms with Crippen LogP contribution in [0.2, 0.25) is 0 Å². The van der Waals surface area contributed by atoms with Crippen molar-refractivity contribution in [3.8, 4) is 0 Å². The molecular formula is C12H16N2O4S. The first-order chi connectivity index (χ1) is 8.87. The van der Waals surface area contributed by atoms with Gasteiger partial charge in [0.15, 0.2) is 0 Å². The molecule has 0 heterocycles. The van der Waals surface area contributed by atoms with Gasteiger partial charge in [0.2, 0.25) is 10.0 Å². The Kier molecular flexibility index (Phi) is 3.40. The molecule has 0 spiro atoms. The van der Waals surface area contributed by atoms with Gasteiger partial charge >= 0.3 is 6.09 Å². The maximum absolute atomic E-state index is 11.4. The number of primary amides is 1. The third-order valence-corrected chi connectivity index (χ3v) is 4.37. The molecule has 1 aromatic rings. The molecule has 0 atom stereocenters. The summed E-state index contributed by atoms with van der Waals surface area (Å²) < 4.78 is 30.4. The molecule has 1 aliphatic carbocycles. The van der Waals surface area contributed by atoms with Crippen LogP contribution in [0, 0.1) is 0 Å². The zero-order valence-corrected chi connectivity index (χ0v) is 11.4. The Morgan fingerprint density at radius 3 is 2.37 bits per heavy atom. The fraction of sp³-hybridized carbons (Fsp3) is 0.417. The van der Waals surface area contributed by atoms with Gasteiger partial charge in [0.1, 0.15) is 5.60 Å². The van der Waals surface area contributed by atoms with Crippen LogP contribution in [-0.2, 0) is 20.4 Å². The Hall–Kier alpha value is -1.76. The van der Waals surface area contributed by atoms with Crippen LogP contribution in [0.15, 0.2) is 24.3 Å². The molecule has 7 heteroatoms. The van der Waals surface area contributed by atoms with E-state index in [1.54, 1.807) is 31.2 Å². The molecule has 3 N–H and O–H groups in total. The number of benzene rings is 1. The molecule has 1 aliphatic rings. The van der Waals surface area contributed by atoms with E-state index in [0.29, 0.717) is 5.69 Å². The zero-order chi connectivity index (χ0) is 14.1. The van der Waals surface area contributed by atoms with E-state index in [1.807, 2.05) is 0 Å². The molecule has 6 nitrogen and oxygen atoms in total. The number of carbonyl (C=O) groups is 1. The lowest BCUT2D eigenvalue weighted by atomic mass is 10.1. The Morgan fingerprint density at radius 1 is 1.37 bits per heavy atom. The number of nitrogens with two attached hydrogens (primary N) is 1. The fourth-order valence-corrected chi connectivity index (χ4v) is 2.49.